The average molecular weight is 332 g/mol. The van der Waals surface area contributed by atoms with Crippen LogP contribution in [0.15, 0.2) is 59.7 Å². The summed E-state index contributed by atoms with van der Waals surface area (Å²) in [6.07, 6.45) is 0. The number of hydrogen-bond acceptors (Lipinski definition) is 3. The molecule has 0 spiro atoms. The maximum Gasteiger partial charge on any atom is 0.198 e. The third-order valence-electron chi connectivity index (χ3n) is 4.60. The molecule has 2 aromatic carbocycles. The van der Waals surface area contributed by atoms with Gasteiger partial charge in [0.25, 0.3) is 0 Å². The van der Waals surface area contributed by atoms with Crippen LogP contribution in [0, 0.1) is 0 Å². The largest absolute Gasteiger partial charge is 0.289 e. The zero-order chi connectivity index (χ0) is 18.4. The smallest absolute Gasteiger partial charge is 0.198 e. The lowest BCUT2D eigenvalue weighted by Crippen LogP contribution is -2.25. The van der Waals surface area contributed by atoms with Gasteiger partial charge in [-0.15, -0.1) is 0 Å². The lowest BCUT2D eigenvalue weighted by atomic mass is 9.81. The summed E-state index contributed by atoms with van der Waals surface area (Å²) in [4.78, 5) is 38.2. The van der Waals surface area contributed by atoms with Gasteiger partial charge in [-0.1, -0.05) is 69.3 Å². The summed E-state index contributed by atoms with van der Waals surface area (Å²) in [7, 11) is 0. The average Bonchev–Trinajstić information content (AvgIpc) is 2.59. The Morgan fingerprint density at radius 1 is 0.800 bits per heavy atom. The number of benzene rings is 2. The van der Waals surface area contributed by atoms with E-state index in [4.69, 9.17) is 0 Å². The summed E-state index contributed by atoms with van der Waals surface area (Å²) in [5.74, 6) is -1.03. The van der Waals surface area contributed by atoms with Crippen LogP contribution in [0.25, 0.3) is 0 Å². The highest BCUT2D eigenvalue weighted by Crippen LogP contribution is 2.29. The SMILES string of the molecule is CC1=C(C(=O)c2ccc(C(C)(C)C)cc2)C(=O)c2ccccc2C1=O. The van der Waals surface area contributed by atoms with E-state index in [0.717, 1.165) is 5.56 Å². The van der Waals surface area contributed by atoms with Crippen LogP contribution in [-0.4, -0.2) is 17.3 Å². The number of ketones is 3. The van der Waals surface area contributed by atoms with E-state index in [0.29, 0.717) is 16.7 Å². The fourth-order valence-electron chi connectivity index (χ4n) is 3.04. The molecule has 2 aromatic rings. The standard InChI is InChI=1S/C22H20O3/c1-13-18(21(25)17-8-6-5-7-16(17)19(13)23)20(24)14-9-11-15(12-10-14)22(2,3)4/h5-12H,1-4H3. The monoisotopic (exact) mass is 332 g/mol. The van der Waals surface area contributed by atoms with E-state index >= 15 is 0 Å². The van der Waals surface area contributed by atoms with E-state index < -0.39 is 5.78 Å². The molecule has 3 nitrogen and oxygen atoms in total. The van der Waals surface area contributed by atoms with Crippen LogP contribution in [0.4, 0.5) is 0 Å². The fraction of sp³-hybridized carbons (Fsp3) is 0.227. The minimum Gasteiger partial charge on any atom is -0.289 e. The van der Waals surface area contributed by atoms with Crippen LogP contribution in [0.2, 0.25) is 0 Å². The van der Waals surface area contributed by atoms with Gasteiger partial charge in [0.15, 0.2) is 17.3 Å². The Bertz CT molecular complexity index is 922. The summed E-state index contributed by atoms with van der Waals surface area (Å²) in [6, 6.07) is 13.9. The van der Waals surface area contributed by atoms with Crippen molar-refractivity contribution in [3.05, 3.63) is 81.9 Å². The van der Waals surface area contributed by atoms with Gasteiger partial charge in [0.05, 0.1) is 5.57 Å². The third kappa shape index (κ3) is 2.86. The van der Waals surface area contributed by atoms with Crippen molar-refractivity contribution in [2.24, 2.45) is 0 Å². The molecule has 126 valence electrons. The second-order valence-electron chi connectivity index (χ2n) is 7.36. The molecule has 0 N–H and O–H groups in total. The van der Waals surface area contributed by atoms with Crippen molar-refractivity contribution in [1.29, 1.82) is 0 Å². The van der Waals surface area contributed by atoms with E-state index in [1.165, 1.54) is 0 Å². The van der Waals surface area contributed by atoms with Crippen molar-refractivity contribution < 1.29 is 14.4 Å². The molecule has 0 unspecified atom stereocenters. The van der Waals surface area contributed by atoms with Crippen molar-refractivity contribution in [3.8, 4) is 0 Å². The lowest BCUT2D eigenvalue weighted by molar-refractivity contribution is 0.0927. The maximum atomic E-state index is 12.9. The van der Waals surface area contributed by atoms with Crippen molar-refractivity contribution >= 4 is 17.3 Å². The molecule has 3 heteroatoms. The summed E-state index contributed by atoms with van der Waals surface area (Å²) >= 11 is 0. The lowest BCUT2D eigenvalue weighted by Gasteiger charge is -2.20. The van der Waals surface area contributed by atoms with Crippen molar-refractivity contribution in [2.75, 3.05) is 0 Å². The fourth-order valence-corrected chi connectivity index (χ4v) is 3.04. The Balaban J connectivity index is 2.04. The zero-order valence-electron chi connectivity index (χ0n) is 14.8. The van der Waals surface area contributed by atoms with E-state index in [9.17, 15) is 14.4 Å². The van der Waals surface area contributed by atoms with Gasteiger partial charge in [-0.05, 0) is 17.9 Å². The normalized spacial score (nSPS) is 14.6. The number of hydrogen-bond donors (Lipinski definition) is 0. The van der Waals surface area contributed by atoms with Gasteiger partial charge in [-0.25, -0.2) is 0 Å². The molecule has 0 saturated carbocycles. The molecule has 0 heterocycles. The van der Waals surface area contributed by atoms with Crippen LogP contribution >= 0.6 is 0 Å². The van der Waals surface area contributed by atoms with Gasteiger partial charge in [-0.2, -0.15) is 0 Å². The third-order valence-corrected chi connectivity index (χ3v) is 4.60. The highest BCUT2D eigenvalue weighted by atomic mass is 16.2. The summed E-state index contributed by atoms with van der Waals surface area (Å²) < 4.78 is 0. The first-order valence-corrected chi connectivity index (χ1v) is 8.26. The van der Waals surface area contributed by atoms with Crippen LogP contribution < -0.4 is 0 Å². The van der Waals surface area contributed by atoms with Crippen LogP contribution in [0.5, 0.6) is 0 Å². The van der Waals surface area contributed by atoms with Gasteiger partial charge in [0.2, 0.25) is 0 Å². The Morgan fingerprint density at radius 2 is 1.32 bits per heavy atom. The molecule has 0 radical (unpaired) electrons. The molecule has 1 aliphatic carbocycles. The molecule has 0 amide bonds. The molecule has 1 aliphatic rings. The molecule has 0 saturated heterocycles. The number of carbonyl (C=O) groups is 3. The number of Topliss-reactive ketones (excluding diaryl/α,β-unsaturated/α-hetero) is 3. The van der Waals surface area contributed by atoms with Gasteiger partial charge < -0.3 is 0 Å². The second-order valence-corrected chi connectivity index (χ2v) is 7.36. The molecule has 0 bridgehead atoms. The predicted molar refractivity (Wildman–Crippen MR) is 97.3 cm³/mol. The van der Waals surface area contributed by atoms with Crippen molar-refractivity contribution in [1.82, 2.24) is 0 Å². The first kappa shape index (κ1) is 17.0. The minimum absolute atomic E-state index is 0.0211. The molecule has 3 rings (SSSR count). The Morgan fingerprint density at radius 3 is 1.84 bits per heavy atom. The molecule has 0 fully saturated rings. The van der Waals surface area contributed by atoms with Gasteiger partial charge >= 0.3 is 0 Å². The number of rotatable bonds is 2. The van der Waals surface area contributed by atoms with Crippen LogP contribution in [0.1, 0.15) is 64.3 Å². The van der Waals surface area contributed by atoms with Crippen LogP contribution in [0.3, 0.4) is 0 Å². The van der Waals surface area contributed by atoms with Crippen molar-refractivity contribution in [3.63, 3.8) is 0 Å². The Labute approximate surface area is 147 Å². The van der Waals surface area contributed by atoms with Gasteiger partial charge in [-0.3, -0.25) is 14.4 Å². The van der Waals surface area contributed by atoms with Gasteiger partial charge in [0.1, 0.15) is 0 Å². The van der Waals surface area contributed by atoms with E-state index in [2.05, 4.69) is 20.8 Å². The molecule has 0 atom stereocenters. The summed E-state index contributed by atoms with van der Waals surface area (Å²) in [5, 5.41) is 0. The quantitative estimate of drug-likeness (QED) is 0.598. The number of allylic oxidation sites excluding steroid dienone is 2. The second kappa shape index (κ2) is 5.92. The highest BCUT2D eigenvalue weighted by Gasteiger charge is 2.33. The Hall–Kier alpha value is -2.81. The molecule has 0 aliphatic heterocycles. The molecule has 25 heavy (non-hydrogen) atoms. The molecular weight excluding hydrogens is 312 g/mol. The van der Waals surface area contributed by atoms with E-state index in [-0.39, 0.29) is 28.1 Å². The number of fused-ring (bicyclic) bond motifs is 1. The minimum atomic E-state index is -0.397. The number of carbonyl (C=O) groups excluding carboxylic acids is 3. The van der Waals surface area contributed by atoms with E-state index in [1.807, 2.05) is 12.1 Å². The first-order chi connectivity index (χ1) is 11.7. The van der Waals surface area contributed by atoms with E-state index in [1.54, 1.807) is 43.3 Å². The van der Waals surface area contributed by atoms with Crippen molar-refractivity contribution in [2.45, 2.75) is 33.1 Å². The summed E-state index contributed by atoms with van der Waals surface area (Å²) in [6.45, 7) is 7.83. The summed E-state index contributed by atoms with van der Waals surface area (Å²) in [5.41, 5.74) is 2.36. The molecule has 0 aromatic heterocycles. The van der Waals surface area contributed by atoms with Gasteiger partial charge in [0, 0.05) is 22.3 Å². The highest BCUT2D eigenvalue weighted by molar-refractivity contribution is 6.39. The zero-order valence-corrected chi connectivity index (χ0v) is 14.8. The topological polar surface area (TPSA) is 51.2 Å². The maximum absolute atomic E-state index is 12.9. The first-order valence-electron chi connectivity index (χ1n) is 8.26. The van der Waals surface area contributed by atoms with Crippen LogP contribution in [-0.2, 0) is 5.41 Å². The molecular formula is C22H20O3. The Kier molecular flexibility index (Phi) is 4.03. The predicted octanol–water partition coefficient (Wildman–Crippen LogP) is 4.56.